The molecule has 1 unspecified atom stereocenters. The fraction of sp³-hybridized carbons (Fsp3) is 0.222. The molecule has 0 spiro atoms. The number of carbonyl (C=O) groups excluding carboxylic acids is 2. The van der Waals surface area contributed by atoms with E-state index in [1.807, 2.05) is 30.3 Å². The molecule has 0 aliphatic carbocycles. The van der Waals surface area contributed by atoms with E-state index in [0.717, 1.165) is 5.56 Å². The van der Waals surface area contributed by atoms with Gasteiger partial charge in [-0.3, -0.25) is 4.79 Å². The van der Waals surface area contributed by atoms with Crippen LogP contribution >= 0.6 is 0 Å². The number of benzene rings is 2. The molecule has 1 fully saturated rings. The van der Waals surface area contributed by atoms with Crippen molar-refractivity contribution in [1.29, 1.82) is 0 Å². The largest absolute Gasteiger partial charge is 0.439 e. The molecule has 0 saturated carbocycles. The second-order valence-electron chi connectivity index (χ2n) is 5.46. The molecule has 1 saturated heterocycles. The topological polar surface area (TPSA) is 58.6 Å². The second-order valence-corrected chi connectivity index (χ2v) is 5.46. The molecule has 1 aliphatic rings. The smallest absolute Gasteiger partial charge is 0.410 e. The molecule has 5 nitrogen and oxygen atoms in total. The quantitative estimate of drug-likeness (QED) is 0.918. The summed E-state index contributed by atoms with van der Waals surface area (Å²) in [5.41, 5.74) is 0.924. The summed E-state index contributed by atoms with van der Waals surface area (Å²) in [6.07, 6.45) is -0.718. The number of nitrogens with zero attached hydrogens (tertiary/aromatic N) is 1. The fourth-order valence-corrected chi connectivity index (χ4v) is 2.58. The van der Waals surface area contributed by atoms with Crippen molar-refractivity contribution in [3.8, 4) is 0 Å². The first kappa shape index (κ1) is 16.0. The van der Waals surface area contributed by atoms with Gasteiger partial charge in [-0.1, -0.05) is 42.5 Å². The van der Waals surface area contributed by atoms with Crippen molar-refractivity contribution >= 4 is 12.0 Å². The van der Waals surface area contributed by atoms with E-state index in [0.29, 0.717) is 13.1 Å². The summed E-state index contributed by atoms with van der Waals surface area (Å²) in [7, 11) is 0. The number of halogens is 1. The van der Waals surface area contributed by atoms with Gasteiger partial charge in [0.25, 0.3) is 5.91 Å². The number of hydrogen-bond acceptors (Lipinski definition) is 3. The maximum Gasteiger partial charge on any atom is 0.410 e. The van der Waals surface area contributed by atoms with Crippen LogP contribution in [0.15, 0.2) is 54.6 Å². The van der Waals surface area contributed by atoms with E-state index < -0.39 is 17.8 Å². The Morgan fingerprint density at radius 3 is 2.62 bits per heavy atom. The molecule has 0 aromatic heterocycles. The highest BCUT2D eigenvalue weighted by Gasteiger charge is 2.31. The highest BCUT2D eigenvalue weighted by Crippen LogP contribution is 2.25. The SMILES string of the molecule is O=C(NCCN1CC(c2ccccc2)OC1=O)c1ccccc1F. The van der Waals surface area contributed by atoms with Gasteiger partial charge >= 0.3 is 6.09 Å². The predicted octanol–water partition coefficient (Wildman–Crippen LogP) is 2.75. The molecule has 1 N–H and O–H groups in total. The van der Waals surface area contributed by atoms with Crippen molar-refractivity contribution in [3.63, 3.8) is 0 Å². The molecule has 2 amide bonds. The van der Waals surface area contributed by atoms with Crippen molar-refractivity contribution in [1.82, 2.24) is 10.2 Å². The minimum atomic E-state index is -0.570. The molecule has 24 heavy (non-hydrogen) atoms. The van der Waals surface area contributed by atoms with Crippen LogP contribution in [0.3, 0.4) is 0 Å². The van der Waals surface area contributed by atoms with Gasteiger partial charge in [-0.15, -0.1) is 0 Å². The molecule has 6 heteroatoms. The Balaban J connectivity index is 1.51. The number of nitrogens with one attached hydrogen (secondary N) is 1. The highest BCUT2D eigenvalue weighted by molar-refractivity contribution is 5.94. The van der Waals surface area contributed by atoms with E-state index in [9.17, 15) is 14.0 Å². The van der Waals surface area contributed by atoms with Gasteiger partial charge in [0.05, 0.1) is 12.1 Å². The zero-order chi connectivity index (χ0) is 16.9. The van der Waals surface area contributed by atoms with Gasteiger partial charge in [0.1, 0.15) is 11.9 Å². The number of cyclic esters (lactones) is 1. The standard InChI is InChI=1S/C18H17FN2O3/c19-15-9-5-4-8-14(15)17(22)20-10-11-21-12-16(24-18(21)23)13-6-2-1-3-7-13/h1-9,16H,10-12H2,(H,20,22). The minimum Gasteiger partial charge on any atom is -0.439 e. The third-order valence-electron chi connectivity index (χ3n) is 3.84. The van der Waals surface area contributed by atoms with Gasteiger partial charge < -0.3 is 15.0 Å². The van der Waals surface area contributed by atoms with Crippen molar-refractivity contribution < 1.29 is 18.7 Å². The Bertz CT molecular complexity index is 736. The average molecular weight is 328 g/mol. The van der Waals surface area contributed by atoms with Crippen LogP contribution in [0, 0.1) is 5.82 Å². The fourth-order valence-electron chi connectivity index (χ4n) is 2.58. The lowest BCUT2D eigenvalue weighted by Crippen LogP contribution is -2.35. The van der Waals surface area contributed by atoms with E-state index in [4.69, 9.17) is 4.74 Å². The zero-order valence-electron chi connectivity index (χ0n) is 12.9. The molecule has 1 atom stereocenters. The van der Waals surface area contributed by atoms with Crippen LogP contribution in [0.5, 0.6) is 0 Å². The summed E-state index contributed by atoms with van der Waals surface area (Å²) in [6.45, 7) is 0.963. The molecular weight excluding hydrogens is 311 g/mol. The normalized spacial score (nSPS) is 16.8. The maximum atomic E-state index is 13.5. The van der Waals surface area contributed by atoms with Gasteiger partial charge in [-0.2, -0.15) is 0 Å². The first-order valence-electron chi connectivity index (χ1n) is 7.68. The van der Waals surface area contributed by atoms with Crippen molar-refractivity contribution in [2.45, 2.75) is 6.10 Å². The average Bonchev–Trinajstić information content (AvgIpc) is 2.97. The van der Waals surface area contributed by atoms with E-state index >= 15 is 0 Å². The molecule has 1 aliphatic heterocycles. The number of ether oxygens (including phenoxy) is 1. The Morgan fingerprint density at radius 1 is 1.17 bits per heavy atom. The molecule has 2 aromatic rings. The number of carbonyl (C=O) groups is 2. The number of hydrogen-bond donors (Lipinski definition) is 1. The van der Waals surface area contributed by atoms with Gasteiger partial charge in [0.2, 0.25) is 0 Å². The van der Waals surface area contributed by atoms with Gasteiger partial charge in [-0.25, -0.2) is 9.18 Å². The van der Waals surface area contributed by atoms with Crippen LogP contribution in [0.25, 0.3) is 0 Å². The Labute approximate surface area is 139 Å². The van der Waals surface area contributed by atoms with Crippen LogP contribution < -0.4 is 5.32 Å². The summed E-state index contributed by atoms with van der Waals surface area (Å²) in [4.78, 5) is 25.3. The first-order chi connectivity index (χ1) is 11.6. The van der Waals surface area contributed by atoms with Crippen LogP contribution in [0.1, 0.15) is 22.0 Å². The zero-order valence-corrected chi connectivity index (χ0v) is 12.9. The number of rotatable bonds is 5. The van der Waals surface area contributed by atoms with E-state index in [2.05, 4.69) is 5.32 Å². The van der Waals surface area contributed by atoms with E-state index in [-0.39, 0.29) is 18.2 Å². The maximum absolute atomic E-state index is 13.5. The highest BCUT2D eigenvalue weighted by atomic mass is 19.1. The Kier molecular flexibility index (Phi) is 4.74. The van der Waals surface area contributed by atoms with Gasteiger partial charge in [0, 0.05) is 13.1 Å². The van der Waals surface area contributed by atoms with Crippen LogP contribution in [0.2, 0.25) is 0 Å². The summed E-state index contributed by atoms with van der Waals surface area (Å²) in [5.74, 6) is -1.07. The summed E-state index contributed by atoms with van der Waals surface area (Å²) in [6, 6.07) is 15.3. The first-order valence-corrected chi connectivity index (χ1v) is 7.68. The van der Waals surface area contributed by atoms with Crippen LogP contribution in [0.4, 0.5) is 9.18 Å². The lowest BCUT2D eigenvalue weighted by atomic mass is 10.1. The van der Waals surface area contributed by atoms with Gasteiger partial charge in [-0.05, 0) is 17.7 Å². The van der Waals surface area contributed by atoms with E-state index in [1.54, 1.807) is 6.07 Å². The Morgan fingerprint density at radius 2 is 1.88 bits per heavy atom. The molecule has 0 radical (unpaired) electrons. The Hall–Kier alpha value is -2.89. The lowest BCUT2D eigenvalue weighted by Gasteiger charge is -2.13. The van der Waals surface area contributed by atoms with Crippen LogP contribution in [-0.2, 0) is 4.74 Å². The third-order valence-corrected chi connectivity index (χ3v) is 3.84. The predicted molar refractivity (Wildman–Crippen MR) is 86.0 cm³/mol. The van der Waals surface area contributed by atoms with Crippen molar-refractivity contribution in [2.75, 3.05) is 19.6 Å². The molecule has 3 rings (SSSR count). The van der Waals surface area contributed by atoms with Gasteiger partial charge in [0.15, 0.2) is 0 Å². The van der Waals surface area contributed by atoms with Crippen LogP contribution in [-0.4, -0.2) is 36.5 Å². The molecular formula is C18H17FN2O3. The summed E-state index contributed by atoms with van der Waals surface area (Å²) >= 11 is 0. The minimum absolute atomic E-state index is 0.0105. The monoisotopic (exact) mass is 328 g/mol. The van der Waals surface area contributed by atoms with Crippen molar-refractivity contribution in [3.05, 3.63) is 71.5 Å². The summed E-state index contributed by atoms with van der Waals surface area (Å²) < 4.78 is 18.9. The molecule has 2 aromatic carbocycles. The number of amides is 2. The second kappa shape index (κ2) is 7.12. The lowest BCUT2D eigenvalue weighted by molar-refractivity contribution is 0.0944. The summed E-state index contributed by atoms with van der Waals surface area (Å²) in [5, 5.41) is 2.61. The molecule has 1 heterocycles. The molecule has 124 valence electrons. The molecule has 0 bridgehead atoms. The van der Waals surface area contributed by atoms with Crippen molar-refractivity contribution in [2.24, 2.45) is 0 Å². The van der Waals surface area contributed by atoms with E-state index in [1.165, 1.54) is 23.1 Å². The third kappa shape index (κ3) is 3.53.